The van der Waals surface area contributed by atoms with Crippen molar-refractivity contribution in [3.63, 3.8) is 0 Å². The summed E-state index contributed by atoms with van der Waals surface area (Å²) in [4.78, 5) is 2.55. The van der Waals surface area contributed by atoms with Crippen molar-refractivity contribution in [1.29, 1.82) is 0 Å². The molecule has 94 valence electrons. The molecule has 2 saturated heterocycles. The molecule has 0 saturated carbocycles. The van der Waals surface area contributed by atoms with E-state index in [4.69, 9.17) is 9.47 Å². The Morgan fingerprint density at radius 3 is 3.35 bits per heavy atom. The van der Waals surface area contributed by atoms with Gasteiger partial charge in [-0.3, -0.25) is 4.90 Å². The van der Waals surface area contributed by atoms with Crippen molar-refractivity contribution < 1.29 is 9.47 Å². The largest absolute Gasteiger partial charge is 0.384 e. The van der Waals surface area contributed by atoms with Crippen LogP contribution in [-0.2, 0) is 16.0 Å². The van der Waals surface area contributed by atoms with E-state index in [9.17, 15) is 0 Å². The summed E-state index contributed by atoms with van der Waals surface area (Å²) < 4.78 is 11.1. The lowest BCUT2D eigenvalue weighted by molar-refractivity contribution is 0.0533. The van der Waals surface area contributed by atoms with Crippen molar-refractivity contribution in [2.75, 3.05) is 40.0 Å². The number of likely N-dealkylation sites (tertiary alicyclic amines) is 1. The molecule has 0 aromatic carbocycles. The third-order valence-corrected chi connectivity index (χ3v) is 4.74. The molecule has 0 unspecified atom stereocenters. The summed E-state index contributed by atoms with van der Waals surface area (Å²) in [6, 6.07) is 2.22. The van der Waals surface area contributed by atoms with Gasteiger partial charge in [-0.2, -0.15) is 11.3 Å². The maximum atomic E-state index is 5.65. The molecule has 1 aromatic heterocycles. The van der Waals surface area contributed by atoms with Crippen LogP contribution in [0.15, 0.2) is 16.8 Å². The molecule has 2 atom stereocenters. The maximum Gasteiger partial charge on any atom is 0.0561 e. The SMILES string of the molecule is COC[C@@]12COC[C@@H]1CN(Cc1ccsc1)C2. The van der Waals surface area contributed by atoms with Crippen LogP contribution < -0.4 is 0 Å². The summed E-state index contributed by atoms with van der Waals surface area (Å²) in [6.45, 7) is 5.94. The van der Waals surface area contributed by atoms with E-state index in [0.29, 0.717) is 5.92 Å². The molecule has 0 aliphatic carbocycles. The summed E-state index contributed by atoms with van der Waals surface area (Å²) in [7, 11) is 1.80. The molecule has 3 heterocycles. The lowest BCUT2D eigenvalue weighted by Crippen LogP contribution is -2.35. The zero-order valence-electron chi connectivity index (χ0n) is 10.2. The van der Waals surface area contributed by atoms with Crippen LogP contribution in [0.5, 0.6) is 0 Å². The monoisotopic (exact) mass is 253 g/mol. The normalized spacial score (nSPS) is 33.1. The zero-order chi connectivity index (χ0) is 11.7. The van der Waals surface area contributed by atoms with Crippen LogP contribution in [0.1, 0.15) is 5.56 Å². The third kappa shape index (κ3) is 2.15. The first-order valence-electron chi connectivity index (χ1n) is 6.12. The topological polar surface area (TPSA) is 21.7 Å². The van der Waals surface area contributed by atoms with Gasteiger partial charge in [-0.15, -0.1) is 0 Å². The number of hydrogen-bond donors (Lipinski definition) is 0. The van der Waals surface area contributed by atoms with Crippen molar-refractivity contribution in [2.24, 2.45) is 11.3 Å². The number of methoxy groups -OCH3 is 1. The second-order valence-corrected chi connectivity index (χ2v) is 6.09. The first-order chi connectivity index (χ1) is 8.32. The van der Waals surface area contributed by atoms with E-state index in [2.05, 4.69) is 21.7 Å². The van der Waals surface area contributed by atoms with Gasteiger partial charge < -0.3 is 9.47 Å². The molecule has 2 aliphatic heterocycles. The average Bonchev–Trinajstić information content (AvgIpc) is 2.94. The van der Waals surface area contributed by atoms with Gasteiger partial charge in [-0.05, 0) is 22.4 Å². The van der Waals surface area contributed by atoms with Gasteiger partial charge in [0.25, 0.3) is 0 Å². The fourth-order valence-electron chi connectivity index (χ4n) is 3.20. The predicted octanol–water partition coefficient (Wildman–Crippen LogP) is 1.84. The molecule has 0 bridgehead atoms. The molecule has 0 radical (unpaired) electrons. The van der Waals surface area contributed by atoms with Gasteiger partial charge in [0, 0.05) is 38.1 Å². The second kappa shape index (κ2) is 4.69. The Balaban J connectivity index is 1.67. The number of rotatable bonds is 4. The minimum atomic E-state index is 0.255. The van der Waals surface area contributed by atoms with Crippen molar-refractivity contribution in [3.8, 4) is 0 Å². The molecular weight excluding hydrogens is 234 g/mol. The van der Waals surface area contributed by atoms with Crippen LogP contribution >= 0.6 is 11.3 Å². The van der Waals surface area contributed by atoms with E-state index < -0.39 is 0 Å². The van der Waals surface area contributed by atoms with E-state index in [-0.39, 0.29) is 5.41 Å². The number of thiophene rings is 1. The van der Waals surface area contributed by atoms with Crippen molar-refractivity contribution >= 4 is 11.3 Å². The third-order valence-electron chi connectivity index (χ3n) is 4.01. The Hall–Kier alpha value is -0.420. The van der Waals surface area contributed by atoms with E-state index in [0.717, 1.165) is 39.5 Å². The lowest BCUT2D eigenvalue weighted by Gasteiger charge is -2.26. The first-order valence-corrected chi connectivity index (χ1v) is 7.07. The maximum absolute atomic E-state index is 5.65. The standard InChI is InChI=1S/C13H19NO2S/c1-15-9-13-8-14(4-11-2-3-17-7-11)5-12(13)6-16-10-13/h2-3,7,12H,4-6,8-10H2,1H3/t12-,13-/m0/s1. The summed E-state index contributed by atoms with van der Waals surface area (Å²) in [5, 5.41) is 4.40. The van der Waals surface area contributed by atoms with Crippen LogP contribution in [0.3, 0.4) is 0 Å². The Morgan fingerprint density at radius 2 is 2.59 bits per heavy atom. The molecule has 4 heteroatoms. The number of fused-ring (bicyclic) bond motifs is 1. The van der Waals surface area contributed by atoms with Gasteiger partial charge in [0.05, 0.1) is 19.8 Å². The fourth-order valence-corrected chi connectivity index (χ4v) is 3.86. The van der Waals surface area contributed by atoms with Crippen LogP contribution in [-0.4, -0.2) is 44.9 Å². The minimum absolute atomic E-state index is 0.255. The van der Waals surface area contributed by atoms with Crippen LogP contribution in [0.25, 0.3) is 0 Å². The fraction of sp³-hybridized carbons (Fsp3) is 0.692. The molecule has 1 aromatic rings. The van der Waals surface area contributed by atoms with Gasteiger partial charge >= 0.3 is 0 Å². The molecule has 2 aliphatic rings. The van der Waals surface area contributed by atoms with E-state index in [1.54, 1.807) is 18.4 Å². The number of ether oxygens (including phenoxy) is 2. The Kier molecular flexibility index (Phi) is 3.21. The molecule has 3 rings (SSSR count). The number of hydrogen-bond acceptors (Lipinski definition) is 4. The average molecular weight is 253 g/mol. The van der Waals surface area contributed by atoms with Gasteiger partial charge in [-0.25, -0.2) is 0 Å². The van der Waals surface area contributed by atoms with E-state index in [1.807, 2.05) is 0 Å². The quantitative estimate of drug-likeness (QED) is 0.817. The predicted molar refractivity (Wildman–Crippen MR) is 68.2 cm³/mol. The smallest absolute Gasteiger partial charge is 0.0561 e. The molecular formula is C13H19NO2S. The Bertz CT molecular complexity index is 368. The molecule has 2 fully saturated rings. The van der Waals surface area contributed by atoms with Gasteiger partial charge in [-0.1, -0.05) is 0 Å². The highest BCUT2D eigenvalue weighted by Gasteiger charge is 2.50. The van der Waals surface area contributed by atoms with E-state index in [1.165, 1.54) is 5.56 Å². The first kappa shape index (κ1) is 11.7. The van der Waals surface area contributed by atoms with Crippen molar-refractivity contribution in [1.82, 2.24) is 4.90 Å². The van der Waals surface area contributed by atoms with Gasteiger partial charge in [0.15, 0.2) is 0 Å². The molecule has 0 N–H and O–H groups in total. The molecule has 17 heavy (non-hydrogen) atoms. The second-order valence-electron chi connectivity index (χ2n) is 5.31. The van der Waals surface area contributed by atoms with Crippen molar-refractivity contribution in [3.05, 3.63) is 22.4 Å². The van der Waals surface area contributed by atoms with Gasteiger partial charge in [0.2, 0.25) is 0 Å². The Morgan fingerprint density at radius 1 is 1.65 bits per heavy atom. The highest BCUT2D eigenvalue weighted by atomic mass is 32.1. The molecule has 3 nitrogen and oxygen atoms in total. The molecule has 0 spiro atoms. The van der Waals surface area contributed by atoms with Crippen LogP contribution in [0.2, 0.25) is 0 Å². The van der Waals surface area contributed by atoms with Gasteiger partial charge in [0.1, 0.15) is 0 Å². The summed E-state index contributed by atoms with van der Waals surface area (Å²) >= 11 is 1.78. The summed E-state index contributed by atoms with van der Waals surface area (Å²) in [5.74, 6) is 0.654. The van der Waals surface area contributed by atoms with E-state index >= 15 is 0 Å². The zero-order valence-corrected chi connectivity index (χ0v) is 11.0. The van der Waals surface area contributed by atoms with Crippen LogP contribution in [0, 0.1) is 11.3 Å². The molecule has 0 amide bonds. The van der Waals surface area contributed by atoms with Crippen LogP contribution in [0.4, 0.5) is 0 Å². The number of nitrogens with zero attached hydrogens (tertiary/aromatic N) is 1. The minimum Gasteiger partial charge on any atom is -0.384 e. The lowest BCUT2D eigenvalue weighted by atomic mass is 9.82. The Labute approximate surface area is 106 Å². The summed E-state index contributed by atoms with van der Waals surface area (Å²) in [6.07, 6.45) is 0. The highest BCUT2D eigenvalue weighted by molar-refractivity contribution is 7.07. The highest BCUT2D eigenvalue weighted by Crippen LogP contribution is 2.41. The summed E-state index contributed by atoms with van der Waals surface area (Å²) in [5.41, 5.74) is 1.69. The van der Waals surface area contributed by atoms with Crippen molar-refractivity contribution in [2.45, 2.75) is 6.54 Å².